The largest absolute Gasteiger partial charge is 0.383 e. The Labute approximate surface area is 104 Å². The van der Waals surface area contributed by atoms with E-state index in [9.17, 15) is 0 Å². The van der Waals surface area contributed by atoms with E-state index in [1.54, 1.807) is 14.2 Å². The molecule has 1 rings (SSSR count). The molecule has 0 aromatic carbocycles. The molecule has 0 aromatic heterocycles. The highest BCUT2D eigenvalue weighted by molar-refractivity contribution is 5.80. The first kappa shape index (κ1) is 13.8. The second kappa shape index (κ2) is 7.93. The van der Waals surface area contributed by atoms with Crippen LogP contribution < -0.4 is 10.6 Å². The normalized spacial score (nSPS) is 21.2. The Hall–Kier alpha value is -1.25. The van der Waals surface area contributed by atoms with Gasteiger partial charge in [-0.15, -0.1) is 6.42 Å². The van der Waals surface area contributed by atoms with Crippen molar-refractivity contribution in [2.75, 3.05) is 46.9 Å². The molecule has 0 radical (unpaired) electrons. The van der Waals surface area contributed by atoms with Crippen LogP contribution >= 0.6 is 0 Å². The van der Waals surface area contributed by atoms with Gasteiger partial charge in [-0.05, 0) is 6.42 Å². The Bertz CT molecular complexity index is 285. The number of nitrogens with one attached hydrogen (secondary N) is 2. The Morgan fingerprint density at radius 1 is 1.65 bits per heavy atom. The first-order valence-electron chi connectivity index (χ1n) is 5.92. The maximum absolute atomic E-state index is 5.20. The van der Waals surface area contributed by atoms with Crippen LogP contribution in [0.3, 0.4) is 0 Å². The number of ether oxygens (including phenoxy) is 1. The zero-order chi connectivity index (χ0) is 12.5. The van der Waals surface area contributed by atoms with Crippen LogP contribution in [-0.4, -0.2) is 63.8 Å². The molecule has 1 heterocycles. The molecular formula is C12H22N4O. The Morgan fingerprint density at radius 2 is 2.47 bits per heavy atom. The molecule has 0 aromatic rings. The number of guanidine groups is 1. The van der Waals surface area contributed by atoms with Gasteiger partial charge >= 0.3 is 0 Å². The summed E-state index contributed by atoms with van der Waals surface area (Å²) in [7, 11) is 3.49. The van der Waals surface area contributed by atoms with Crippen LogP contribution in [0.25, 0.3) is 0 Å². The molecule has 1 fully saturated rings. The summed E-state index contributed by atoms with van der Waals surface area (Å²) in [4.78, 5) is 6.52. The van der Waals surface area contributed by atoms with E-state index in [4.69, 9.17) is 11.2 Å². The monoisotopic (exact) mass is 238 g/mol. The molecule has 0 saturated carbocycles. The molecule has 0 aliphatic carbocycles. The fourth-order valence-electron chi connectivity index (χ4n) is 1.90. The molecule has 1 saturated heterocycles. The number of terminal acetylenes is 1. The van der Waals surface area contributed by atoms with Crippen LogP contribution in [0.15, 0.2) is 4.99 Å². The third kappa shape index (κ3) is 5.07. The van der Waals surface area contributed by atoms with E-state index >= 15 is 0 Å². The van der Waals surface area contributed by atoms with E-state index in [-0.39, 0.29) is 0 Å². The summed E-state index contributed by atoms with van der Waals surface area (Å²) in [5.41, 5.74) is 0. The van der Waals surface area contributed by atoms with Gasteiger partial charge in [0, 0.05) is 39.8 Å². The molecule has 0 amide bonds. The topological polar surface area (TPSA) is 48.9 Å². The quantitative estimate of drug-likeness (QED) is 0.385. The summed E-state index contributed by atoms with van der Waals surface area (Å²) in [6.07, 6.45) is 6.32. The summed E-state index contributed by atoms with van der Waals surface area (Å²) < 4.78 is 5.07. The third-order valence-corrected chi connectivity index (χ3v) is 2.81. The van der Waals surface area contributed by atoms with Crippen LogP contribution in [0.2, 0.25) is 0 Å². The smallest absolute Gasteiger partial charge is 0.192 e. The van der Waals surface area contributed by atoms with Crippen molar-refractivity contribution in [2.45, 2.75) is 12.5 Å². The lowest BCUT2D eigenvalue weighted by atomic mass is 10.3. The minimum Gasteiger partial charge on any atom is -0.383 e. The van der Waals surface area contributed by atoms with Crippen molar-refractivity contribution in [1.29, 1.82) is 0 Å². The number of rotatable bonds is 5. The Balaban J connectivity index is 2.26. The predicted octanol–water partition coefficient (Wildman–Crippen LogP) is -0.495. The second-order valence-corrected chi connectivity index (χ2v) is 4.05. The van der Waals surface area contributed by atoms with Crippen molar-refractivity contribution in [3.05, 3.63) is 0 Å². The molecule has 1 unspecified atom stereocenters. The maximum Gasteiger partial charge on any atom is 0.192 e. The summed E-state index contributed by atoms with van der Waals surface area (Å²) in [5, 5.41) is 6.43. The van der Waals surface area contributed by atoms with Crippen LogP contribution in [0.5, 0.6) is 0 Å². The number of methoxy groups -OCH3 is 1. The van der Waals surface area contributed by atoms with Gasteiger partial charge in [0.1, 0.15) is 0 Å². The van der Waals surface area contributed by atoms with Gasteiger partial charge in [-0.3, -0.25) is 9.89 Å². The number of hydrogen-bond acceptors (Lipinski definition) is 3. The number of aliphatic imine (C=N–C) groups is 1. The minimum atomic E-state index is 0.441. The lowest BCUT2D eigenvalue weighted by Gasteiger charge is -2.18. The van der Waals surface area contributed by atoms with Crippen molar-refractivity contribution in [3.8, 4) is 12.3 Å². The zero-order valence-electron chi connectivity index (χ0n) is 10.7. The van der Waals surface area contributed by atoms with Crippen molar-refractivity contribution in [3.63, 3.8) is 0 Å². The van der Waals surface area contributed by atoms with Gasteiger partial charge in [-0.1, -0.05) is 5.92 Å². The van der Waals surface area contributed by atoms with Gasteiger partial charge in [0.25, 0.3) is 0 Å². The highest BCUT2D eigenvalue weighted by Gasteiger charge is 2.22. The standard InChI is InChI=1S/C12H22N4O/c1-4-6-14-12(13-2)15-11-5-7-16(10-11)8-9-17-3/h1,11H,5-10H2,2-3H3,(H2,13,14,15). The zero-order valence-corrected chi connectivity index (χ0v) is 10.7. The lowest BCUT2D eigenvalue weighted by molar-refractivity contribution is 0.160. The first-order chi connectivity index (χ1) is 8.30. The van der Waals surface area contributed by atoms with Gasteiger partial charge in [0.2, 0.25) is 0 Å². The molecule has 5 heteroatoms. The predicted molar refractivity (Wildman–Crippen MR) is 70.1 cm³/mol. The Kier molecular flexibility index (Phi) is 6.45. The van der Waals surface area contributed by atoms with Crippen LogP contribution in [0.4, 0.5) is 0 Å². The molecule has 2 N–H and O–H groups in total. The van der Waals surface area contributed by atoms with Crippen molar-refractivity contribution in [1.82, 2.24) is 15.5 Å². The summed E-state index contributed by atoms with van der Waals surface area (Å²) in [5.74, 6) is 3.31. The van der Waals surface area contributed by atoms with Gasteiger partial charge in [-0.2, -0.15) is 0 Å². The molecular weight excluding hydrogens is 216 g/mol. The maximum atomic E-state index is 5.20. The summed E-state index contributed by atoms with van der Waals surface area (Å²) >= 11 is 0. The van der Waals surface area contributed by atoms with E-state index in [1.165, 1.54) is 0 Å². The lowest BCUT2D eigenvalue weighted by Crippen LogP contribution is -2.44. The average Bonchev–Trinajstić information content (AvgIpc) is 2.79. The van der Waals surface area contributed by atoms with Crippen LogP contribution in [-0.2, 0) is 4.74 Å². The van der Waals surface area contributed by atoms with Gasteiger partial charge in [0.15, 0.2) is 5.96 Å². The highest BCUT2D eigenvalue weighted by atomic mass is 16.5. The SMILES string of the molecule is C#CCNC(=NC)NC1CCN(CCOC)C1. The fraction of sp³-hybridized carbons (Fsp3) is 0.750. The van der Waals surface area contributed by atoms with Gasteiger partial charge in [-0.25, -0.2) is 0 Å². The first-order valence-corrected chi connectivity index (χ1v) is 5.92. The second-order valence-electron chi connectivity index (χ2n) is 4.05. The number of nitrogens with zero attached hydrogens (tertiary/aromatic N) is 2. The van der Waals surface area contributed by atoms with E-state index in [2.05, 4.69) is 26.4 Å². The van der Waals surface area contributed by atoms with Gasteiger partial charge < -0.3 is 15.4 Å². The van der Waals surface area contributed by atoms with E-state index in [0.29, 0.717) is 12.6 Å². The molecule has 0 spiro atoms. The molecule has 1 atom stereocenters. The van der Waals surface area contributed by atoms with Crippen LogP contribution in [0.1, 0.15) is 6.42 Å². The van der Waals surface area contributed by atoms with E-state index in [0.717, 1.165) is 38.6 Å². The molecule has 96 valence electrons. The van der Waals surface area contributed by atoms with Crippen molar-refractivity contribution in [2.24, 2.45) is 4.99 Å². The molecule has 5 nitrogen and oxygen atoms in total. The summed E-state index contributed by atoms with van der Waals surface area (Å²) in [6.45, 7) is 4.41. The number of likely N-dealkylation sites (tertiary alicyclic amines) is 1. The minimum absolute atomic E-state index is 0.441. The fourth-order valence-corrected chi connectivity index (χ4v) is 1.90. The molecule has 1 aliphatic rings. The third-order valence-electron chi connectivity index (χ3n) is 2.81. The average molecular weight is 238 g/mol. The van der Waals surface area contributed by atoms with E-state index in [1.807, 2.05) is 0 Å². The van der Waals surface area contributed by atoms with E-state index < -0.39 is 0 Å². The molecule has 0 bridgehead atoms. The van der Waals surface area contributed by atoms with Crippen molar-refractivity contribution >= 4 is 5.96 Å². The summed E-state index contributed by atoms with van der Waals surface area (Å²) in [6, 6.07) is 0.441. The van der Waals surface area contributed by atoms with Gasteiger partial charge in [0.05, 0.1) is 13.2 Å². The Morgan fingerprint density at radius 3 is 3.12 bits per heavy atom. The van der Waals surface area contributed by atoms with Crippen LogP contribution in [0, 0.1) is 12.3 Å². The highest BCUT2D eigenvalue weighted by Crippen LogP contribution is 2.08. The van der Waals surface area contributed by atoms with Crippen molar-refractivity contribution < 1.29 is 4.74 Å². The number of hydrogen-bond donors (Lipinski definition) is 2. The molecule has 17 heavy (non-hydrogen) atoms. The molecule has 1 aliphatic heterocycles.